The molecule has 0 spiro atoms. The molecule has 1 N–H and O–H groups in total. The molecule has 2 aromatic heterocycles. The van der Waals surface area contributed by atoms with Crippen LogP contribution in [0, 0.1) is 6.92 Å². The Hall–Kier alpha value is -1.92. The van der Waals surface area contributed by atoms with Crippen LogP contribution < -0.4 is 5.32 Å². The van der Waals surface area contributed by atoms with Gasteiger partial charge < -0.3 is 5.32 Å². The summed E-state index contributed by atoms with van der Waals surface area (Å²) >= 11 is 3.32. The lowest BCUT2D eigenvalue weighted by atomic mass is 9.97. The SMILES string of the molecule is Cc1ccccc1NC(=O)[C@H](C)Sc1ncnc2sc3c(c12)CCCC3. The van der Waals surface area contributed by atoms with E-state index in [0.29, 0.717) is 0 Å². The second kappa shape index (κ2) is 7.37. The summed E-state index contributed by atoms with van der Waals surface area (Å²) in [5.41, 5.74) is 3.34. The molecule has 0 bridgehead atoms. The number of carbonyl (C=O) groups is 1. The van der Waals surface area contributed by atoms with E-state index in [4.69, 9.17) is 0 Å². The van der Waals surface area contributed by atoms with Gasteiger partial charge in [-0.05, 0) is 56.7 Å². The number of thioether (sulfide) groups is 1. The maximum atomic E-state index is 12.7. The van der Waals surface area contributed by atoms with Crippen LogP contribution in [0.4, 0.5) is 5.69 Å². The molecular weight excluding hydrogens is 362 g/mol. The van der Waals surface area contributed by atoms with Crippen LogP contribution in [0.15, 0.2) is 35.6 Å². The number of rotatable bonds is 4. The lowest BCUT2D eigenvalue weighted by Crippen LogP contribution is -2.23. The van der Waals surface area contributed by atoms with E-state index in [9.17, 15) is 4.79 Å². The third-order valence-electron chi connectivity index (χ3n) is 4.78. The monoisotopic (exact) mass is 383 g/mol. The van der Waals surface area contributed by atoms with Gasteiger partial charge in [-0.2, -0.15) is 0 Å². The van der Waals surface area contributed by atoms with E-state index in [2.05, 4.69) is 15.3 Å². The van der Waals surface area contributed by atoms with Gasteiger partial charge in [-0.15, -0.1) is 11.3 Å². The zero-order chi connectivity index (χ0) is 18.1. The number of amides is 1. The van der Waals surface area contributed by atoms with Crippen LogP contribution in [0.5, 0.6) is 0 Å². The topological polar surface area (TPSA) is 54.9 Å². The molecule has 26 heavy (non-hydrogen) atoms. The zero-order valence-corrected chi connectivity index (χ0v) is 16.5. The molecule has 0 aliphatic heterocycles. The Morgan fingerprint density at radius 2 is 2.04 bits per heavy atom. The lowest BCUT2D eigenvalue weighted by molar-refractivity contribution is -0.115. The summed E-state index contributed by atoms with van der Waals surface area (Å²) < 4.78 is 0. The Bertz CT molecular complexity index is 967. The number of aryl methyl sites for hydroxylation is 3. The maximum Gasteiger partial charge on any atom is 0.237 e. The van der Waals surface area contributed by atoms with Crippen molar-refractivity contribution in [1.82, 2.24) is 9.97 Å². The average Bonchev–Trinajstić information content (AvgIpc) is 3.03. The van der Waals surface area contributed by atoms with Crippen molar-refractivity contribution in [1.29, 1.82) is 0 Å². The van der Waals surface area contributed by atoms with E-state index in [0.717, 1.165) is 33.9 Å². The predicted octanol–water partition coefficient (Wildman–Crippen LogP) is 5.00. The van der Waals surface area contributed by atoms with Crippen molar-refractivity contribution in [3.05, 3.63) is 46.6 Å². The summed E-state index contributed by atoms with van der Waals surface area (Å²) in [6.07, 6.45) is 6.34. The van der Waals surface area contributed by atoms with Crippen molar-refractivity contribution in [2.75, 3.05) is 5.32 Å². The Labute approximate surface area is 161 Å². The molecular formula is C20H21N3OS2. The highest BCUT2D eigenvalue weighted by Crippen LogP contribution is 2.40. The lowest BCUT2D eigenvalue weighted by Gasteiger charge is -2.15. The van der Waals surface area contributed by atoms with Gasteiger partial charge in [0.15, 0.2) is 0 Å². The molecule has 0 fully saturated rings. The van der Waals surface area contributed by atoms with Crippen molar-refractivity contribution >= 4 is 44.9 Å². The van der Waals surface area contributed by atoms with Gasteiger partial charge in [-0.3, -0.25) is 4.79 Å². The molecule has 1 aromatic carbocycles. The number of para-hydroxylation sites is 1. The first-order valence-electron chi connectivity index (χ1n) is 8.92. The van der Waals surface area contributed by atoms with Gasteiger partial charge in [0, 0.05) is 16.0 Å². The van der Waals surface area contributed by atoms with Crippen molar-refractivity contribution in [2.24, 2.45) is 0 Å². The molecule has 1 aliphatic carbocycles. The Kier molecular flexibility index (Phi) is 4.96. The molecule has 1 aliphatic rings. The molecule has 0 radical (unpaired) electrons. The summed E-state index contributed by atoms with van der Waals surface area (Å²) in [6, 6.07) is 7.84. The van der Waals surface area contributed by atoms with Crippen molar-refractivity contribution in [3.63, 3.8) is 0 Å². The van der Waals surface area contributed by atoms with Gasteiger partial charge in [0.2, 0.25) is 5.91 Å². The highest BCUT2D eigenvalue weighted by Gasteiger charge is 2.23. The van der Waals surface area contributed by atoms with E-state index in [1.54, 1.807) is 17.7 Å². The number of hydrogen-bond donors (Lipinski definition) is 1. The van der Waals surface area contributed by atoms with E-state index in [1.165, 1.54) is 40.4 Å². The third-order valence-corrected chi connectivity index (χ3v) is 7.08. The van der Waals surface area contributed by atoms with Crippen LogP contribution in [0.3, 0.4) is 0 Å². The van der Waals surface area contributed by atoms with E-state index < -0.39 is 0 Å². The fourth-order valence-electron chi connectivity index (χ4n) is 3.32. The third kappa shape index (κ3) is 3.35. The van der Waals surface area contributed by atoms with Crippen LogP contribution in [-0.2, 0) is 17.6 Å². The van der Waals surface area contributed by atoms with Crippen LogP contribution in [0.25, 0.3) is 10.2 Å². The molecule has 134 valence electrons. The summed E-state index contributed by atoms with van der Waals surface area (Å²) in [5.74, 6) is 0.000148. The molecule has 0 unspecified atom stereocenters. The fourth-order valence-corrected chi connectivity index (χ4v) is 5.56. The van der Waals surface area contributed by atoms with Crippen LogP contribution >= 0.6 is 23.1 Å². The van der Waals surface area contributed by atoms with Gasteiger partial charge in [0.1, 0.15) is 16.2 Å². The van der Waals surface area contributed by atoms with Gasteiger partial charge >= 0.3 is 0 Å². The summed E-state index contributed by atoms with van der Waals surface area (Å²) in [4.78, 5) is 24.1. The number of nitrogens with zero attached hydrogens (tertiary/aromatic N) is 2. The average molecular weight is 384 g/mol. The first-order chi connectivity index (χ1) is 12.6. The van der Waals surface area contributed by atoms with Gasteiger partial charge in [0.05, 0.1) is 5.25 Å². The van der Waals surface area contributed by atoms with Crippen LogP contribution in [-0.4, -0.2) is 21.1 Å². The standard InChI is InChI=1S/C20H21N3OS2/c1-12-7-3-5-9-15(12)23-18(24)13(2)25-19-17-14-8-4-6-10-16(14)26-20(17)22-11-21-19/h3,5,7,9,11,13H,4,6,8,10H2,1-2H3,(H,23,24)/t13-/m0/s1. The first kappa shape index (κ1) is 17.5. The molecule has 1 atom stereocenters. The number of benzene rings is 1. The summed E-state index contributed by atoms with van der Waals surface area (Å²) in [6.45, 7) is 3.93. The second-order valence-electron chi connectivity index (χ2n) is 6.63. The molecule has 0 saturated heterocycles. The first-order valence-corrected chi connectivity index (χ1v) is 10.6. The minimum Gasteiger partial charge on any atom is -0.325 e. The molecule has 4 rings (SSSR count). The minimum atomic E-state index is -0.230. The van der Waals surface area contributed by atoms with Gasteiger partial charge in [-0.1, -0.05) is 30.0 Å². The number of hydrogen-bond acceptors (Lipinski definition) is 5. The van der Waals surface area contributed by atoms with E-state index in [-0.39, 0.29) is 11.2 Å². The minimum absolute atomic E-state index is 0.000148. The van der Waals surface area contributed by atoms with Gasteiger partial charge in [0.25, 0.3) is 0 Å². The van der Waals surface area contributed by atoms with E-state index in [1.807, 2.05) is 38.1 Å². The number of thiophene rings is 1. The molecule has 2 heterocycles. The summed E-state index contributed by atoms with van der Waals surface area (Å²) in [5, 5.41) is 4.91. The normalized spacial score (nSPS) is 14.8. The quantitative estimate of drug-likeness (QED) is 0.509. The van der Waals surface area contributed by atoms with E-state index >= 15 is 0 Å². The Morgan fingerprint density at radius 1 is 1.23 bits per heavy atom. The molecule has 0 saturated carbocycles. The molecule has 4 nitrogen and oxygen atoms in total. The highest BCUT2D eigenvalue weighted by molar-refractivity contribution is 8.00. The Morgan fingerprint density at radius 3 is 2.88 bits per heavy atom. The largest absolute Gasteiger partial charge is 0.325 e. The number of anilines is 1. The zero-order valence-electron chi connectivity index (χ0n) is 14.9. The number of fused-ring (bicyclic) bond motifs is 3. The molecule has 6 heteroatoms. The predicted molar refractivity (Wildman–Crippen MR) is 109 cm³/mol. The highest BCUT2D eigenvalue weighted by atomic mass is 32.2. The van der Waals surface area contributed by atoms with Crippen LogP contribution in [0.1, 0.15) is 35.8 Å². The number of aromatic nitrogens is 2. The van der Waals surface area contributed by atoms with Crippen molar-refractivity contribution in [2.45, 2.75) is 49.8 Å². The smallest absolute Gasteiger partial charge is 0.237 e. The van der Waals surface area contributed by atoms with Crippen molar-refractivity contribution < 1.29 is 4.79 Å². The Balaban J connectivity index is 1.58. The number of nitrogens with one attached hydrogen (secondary N) is 1. The molecule has 3 aromatic rings. The fraction of sp³-hybridized carbons (Fsp3) is 0.350. The second-order valence-corrected chi connectivity index (χ2v) is 9.05. The molecule has 1 amide bonds. The maximum absolute atomic E-state index is 12.7. The summed E-state index contributed by atoms with van der Waals surface area (Å²) in [7, 11) is 0. The number of carbonyl (C=O) groups excluding carboxylic acids is 1. The van der Waals surface area contributed by atoms with Crippen LogP contribution in [0.2, 0.25) is 0 Å². The van der Waals surface area contributed by atoms with Crippen molar-refractivity contribution in [3.8, 4) is 0 Å². The van der Waals surface area contributed by atoms with Gasteiger partial charge in [-0.25, -0.2) is 9.97 Å².